The summed E-state index contributed by atoms with van der Waals surface area (Å²) >= 11 is 0. The molecule has 0 fully saturated rings. The number of fused-ring (bicyclic) bond motifs is 1. The van der Waals surface area contributed by atoms with Gasteiger partial charge in [-0.3, -0.25) is 0 Å². The van der Waals surface area contributed by atoms with Crippen LogP contribution in [0.3, 0.4) is 0 Å². The molecule has 2 N–H and O–H groups in total. The van der Waals surface area contributed by atoms with Gasteiger partial charge in [-0.15, -0.1) is 0 Å². The van der Waals surface area contributed by atoms with Crippen LogP contribution in [0.1, 0.15) is 36.5 Å². The lowest BCUT2D eigenvalue weighted by Crippen LogP contribution is -2.15. The summed E-state index contributed by atoms with van der Waals surface area (Å²) in [5.74, 6) is 6.22. The summed E-state index contributed by atoms with van der Waals surface area (Å²) in [6, 6.07) is 6.55. The average molecular weight is 199 g/mol. The highest BCUT2D eigenvalue weighted by Crippen LogP contribution is 2.22. The number of hydrogen-bond acceptors (Lipinski definition) is 1. The van der Waals surface area contributed by atoms with Crippen LogP contribution < -0.4 is 5.73 Å². The molecule has 2 rings (SSSR count). The van der Waals surface area contributed by atoms with Crippen LogP contribution in [0.15, 0.2) is 18.2 Å². The molecule has 0 aromatic heterocycles. The van der Waals surface area contributed by atoms with E-state index in [0.29, 0.717) is 0 Å². The number of hydrogen-bond donors (Lipinski definition) is 1. The van der Waals surface area contributed by atoms with Crippen LogP contribution in [-0.2, 0) is 12.8 Å². The van der Waals surface area contributed by atoms with Gasteiger partial charge in [0.05, 0.1) is 6.04 Å². The molecule has 0 amide bonds. The van der Waals surface area contributed by atoms with Crippen molar-refractivity contribution in [3.8, 4) is 11.8 Å². The third-order valence-electron chi connectivity index (χ3n) is 2.94. The molecule has 0 heterocycles. The molecule has 1 heteroatoms. The molecule has 1 nitrogen and oxygen atoms in total. The van der Waals surface area contributed by atoms with Gasteiger partial charge in [0.2, 0.25) is 0 Å². The van der Waals surface area contributed by atoms with Crippen molar-refractivity contribution in [2.24, 2.45) is 5.73 Å². The quantitative estimate of drug-likeness (QED) is 0.690. The lowest BCUT2D eigenvalue weighted by atomic mass is 10.1. The highest BCUT2D eigenvalue weighted by atomic mass is 14.6. The Morgan fingerprint density at radius 3 is 2.93 bits per heavy atom. The van der Waals surface area contributed by atoms with E-state index < -0.39 is 0 Å². The summed E-state index contributed by atoms with van der Waals surface area (Å²) in [7, 11) is 0. The first-order chi connectivity index (χ1) is 7.29. The van der Waals surface area contributed by atoms with E-state index in [9.17, 15) is 0 Å². The van der Waals surface area contributed by atoms with Crippen molar-refractivity contribution < 1.29 is 0 Å². The zero-order valence-electron chi connectivity index (χ0n) is 9.22. The second-order valence-electron chi connectivity index (χ2n) is 4.12. The number of rotatable bonds is 1. The molecule has 0 radical (unpaired) electrons. The molecule has 1 atom stereocenters. The summed E-state index contributed by atoms with van der Waals surface area (Å²) in [6.45, 7) is 2.06. The molecule has 78 valence electrons. The Labute approximate surface area is 91.7 Å². The summed E-state index contributed by atoms with van der Waals surface area (Å²) in [5, 5.41) is 0. The minimum atomic E-state index is 0.0123. The smallest absolute Gasteiger partial charge is 0.0665 e. The maximum Gasteiger partial charge on any atom is 0.0665 e. The van der Waals surface area contributed by atoms with Gasteiger partial charge in [0.25, 0.3) is 0 Å². The van der Waals surface area contributed by atoms with Crippen LogP contribution in [0, 0.1) is 11.8 Å². The molecule has 0 bridgehead atoms. The fourth-order valence-corrected chi connectivity index (χ4v) is 1.93. The Morgan fingerprint density at radius 2 is 2.13 bits per heavy atom. The van der Waals surface area contributed by atoms with Crippen LogP contribution in [0.2, 0.25) is 0 Å². The van der Waals surface area contributed by atoms with Gasteiger partial charge in [-0.2, -0.15) is 0 Å². The van der Waals surface area contributed by atoms with E-state index >= 15 is 0 Å². The van der Waals surface area contributed by atoms with Crippen molar-refractivity contribution in [1.82, 2.24) is 0 Å². The van der Waals surface area contributed by atoms with Gasteiger partial charge >= 0.3 is 0 Å². The van der Waals surface area contributed by atoms with Gasteiger partial charge in [-0.1, -0.05) is 24.8 Å². The second-order valence-corrected chi connectivity index (χ2v) is 4.12. The molecule has 1 aliphatic rings. The maximum absolute atomic E-state index is 5.76. The molecular weight excluding hydrogens is 182 g/mol. The Hall–Kier alpha value is -1.26. The van der Waals surface area contributed by atoms with Gasteiger partial charge in [0.1, 0.15) is 0 Å². The van der Waals surface area contributed by atoms with E-state index in [1.54, 1.807) is 0 Å². The predicted molar refractivity (Wildman–Crippen MR) is 63.6 cm³/mol. The molecule has 0 aliphatic heterocycles. The molecule has 1 unspecified atom stereocenters. The zero-order valence-corrected chi connectivity index (χ0v) is 9.22. The highest BCUT2D eigenvalue weighted by molar-refractivity contribution is 5.43. The highest BCUT2D eigenvalue weighted by Gasteiger charge is 2.09. The van der Waals surface area contributed by atoms with E-state index in [4.69, 9.17) is 5.73 Å². The normalized spacial score (nSPS) is 15.3. The van der Waals surface area contributed by atoms with Crippen molar-refractivity contribution in [1.29, 1.82) is 0 Å². The first kappa shape index (κ1) is 10.3. The molecule has 15 heavy (non-hydrogen) atoms. The summed E-state index contributed by atoms with van der Waals surface area (Å²) in [4.78, 5) is 0. The fraction of sp³-hybridized carbons (Fsp3) is 0.429. The first-order valence-electron chi connectivity index (χ1n) is 5.68. The van der Waals surface area contributed by atoms with E-state index in [-0.39, 0.29) is 6.04 Å². The minimum Gasteiger partial charge on any atom is -0.318 e. The van der Waals surface area contributed by atoms with Crippen molar-refractivity contribution in [3.63, 3.8) is 0 Å². The predicted octanol–water partition coefficient (Wildman–Crippen LogP) is 2.26. The van der Waals surface area contributed by atoms with Gasteiger partial charge in [-0.05, 0) is 48.9 Å². The Kier molecular flexibility index (Phi) is 3.08. The van der Waals surface area contributed by atoms with Crippen molar-refractivity contribution in [3.05, 3.63) is 34.9 Å². The van der Waals surface area contributed by atoms with Crippen molar-refractivity contribution in [2.75, 3.05) is 0 Å². The summed E-state index contributed by atoms with van der Waals surface area (Å²) in [6.07, 6.45) is 4.65. The zero-order chi connectivity index (χ0) is 10.7. The summed E-state index contributed by atoms with van der Waals surface area (Å²) in [5.41, 5.74) is 9.85. The van der Waals surface area contributed by atoms with E-state index in [1.165, 1.54) is 30.4 Å². The van der Waals surface area contributed by atoms with Crippen LogP contribution >= 0.6 is 0 Å². The second kappa shape index (κ2) is 4.51. The number of benzene rings is 1. The number of nitrogens with two attached hydrogens (primary N) is 1. The third kappa shape index (κ3) is 2.40. The Balaban J connectivity index is 2.19. The summed E-state index contributed by atoms with van der Waals surface area (Å²) < 4.78 is 0. The lowest BCUT2D eigenvalue weighted by molar-refractivity contribution is 0.806. The van der Waals surface area contributed by atoms with Crippen molar-refractivity contribution >= 4 is 0 Å². The van der Waals surface area contributed by atoms with Gasteiger partial charge in [0, 0.05) is 5.56 Å². The maximum atomic E-state index is 5.76. The number of aryl methyl sites for hydroxylation is 2. The fourth-order valence-electron chi connectivity index (χ4n) is 1.93. The molecule has 0 saturated carbocycles. The van der Waals surface area contributed by atoms with Gasteiger partial charge in [0.15, 0.2) is 0 Å². The van der Waals surface area contributed by atoms with Gasteiger partial charge in [-0.25, -0.2) is 0 Å². The van der Waals surface area contributed by atoms with Crippen LogP contribution in [0.25, 0.3) is 0 Å². The molecule has 1 aromatic rings. The van der Waals surface area contributed by atoms with E-state index in [0.717, 1.165) is 12.0 Å². The van der Waals surface area contributed by atoms with Crippen LogP contribution in [0.5, 0.6) is 0 Å². The molecule has 0 saturated heterocycles. The van der Waals surface area contributed by atoms with Gasteiger partial charge < -0.3 is 5.73 Å². The van der Waals surface area contributed by atoms with Crippen LogP contribution in [0.4, 0.5) is 0 Å². The first-order valence-corrected chi connectivity index (χ1v) is 5.68. The molecular formula is C14H17N. The Morgan fingerprint density at radius 1 is 1.33 bits per heavy atom. The SMILES string of the molecule is CCC(N)C#Cc1ccc2c(c1)CCC2. The topological polar surface area (TPSA) is 26.0 Å². The molecule has 1 aliphatic carbocycles. The van der Waals surface area contributed by atoms with Crippen molar-refractivity contribution in [2.45, 2.75) is 38.6 Å². The standard InChI is InChI=1S/C14H17N/c1-2-14(15)9-7-11-6-8-12-4-3-5-13(12)10-11/h6,8,10,14H,2-5,15H2,1H3. The Bertz CT molecular complexity index is 409. The lowest BCUT2D eigenvalue weighted by Gasteiger charge is -1.99. The monoisotopic (exact) mass is 199 g/mol. The minimum absolute atomic E-state index is 0.0123. The van der Waals surface area contributed by atoms with E-state index in [2.05, 4.69) is 37.0 Å². The van der Waals surface area contributed by atoms with E-state index in [1.807, 2.05) is 0 Å². The average Bonchev–Trinajstić information content (AvgIpc) is 2.72. The molecule has 1 aromatic carbocycles. The van der Waals surface area contributed by atoms with Crippen LogP contribution in [-0.4, -0.2) is 6.04 Å². The molecule has 0 spiro atoms. The third-order valence-corrected chi connectivity index (χ3v) is 2.94. The largest absolute Gasteiger partial charge is 0.318 e.